The number of likely N-dealkylation sites (tertiary alicyclic amines) is 4. The quantitative estimate of drug-likeness (QED) is 0.304. The highest BCUT2D eigenvalue weighted by atomic mass is 15.3. The molecule has 0 aromatic heterocycles. The van der Waals surface area contributed by atoms with Gasteiger partial charge in [-0.2, -0.15) is 0 Å². The molecule has 1 unspecified atom stereocenters. The lowest BCUT2D eigenvalue weighted by Gasteiger charge is -2.49. The zero-order valence-corrected chi connectivity index (χ0v) is 28.8. The van der Waals surface area contributed by atoms with Gasteiger partial charge in [0.05, 0.1) is 0 Å². The third-order valence-electron chi connectivity index (χ3n) is 12.0. The number of nitrogens with zero attached hydrogens (tertiary/aromatic N) is 4. The molecule has 0 spiro atoms. The van der Waals surface area contributed by atoms with Crippen molar-refractivity contribution in [3.63, 3.8) is 0 Å². The average molecular weight is 559 g/mol. The summed E-state index contributed by atoms with van der Waals surface area (Å²) in [4.78, 5) is 11.3. The van der Waals surface area contributed by atoms with Crippen molar-refractivity contribution in [2.75, 3.05) is 58.9 Å². The summed E-state index contributed by atoms with van der Waals surface area (Å²) in [5.74, 6) is 2.62. The van der Waals surface area contributed by atoms with Crippen LogP contribution in [-0.2, 0) is 0 Å². The molecular formula is C36H70N4. The lowest BCUT2D eigenvalue weighted by molar-refractivity contribution is 0.00255. The largest absolute Gasteiger partial charge is 0.303 e. The van der Waals surface area contributed by atoms with Gasteiger partial charge in [-0.05, 0) is 160 Å². The van der Waals surface area contributed by atoms with Gasteiger partial charge in [-0.15, -0.1) is 0 Å². The maximum absolute atomic E-state index is 2.95. The monoisotopic (exact) mass is 559 g/mol. The van der Waals surface area contributed by atoms with Gasteiger partial charge >= 0.3 is 0 Å². The molecule has 4 fully saturated rings. The van der Waals surface area contributed by atoms with Crippen LogP contribution in [0.5, 0.6) is 0 Å². The standard InChI is InChI=1S/C36H70N4/c1-33(2,3)30-15-21-38(22-16-30)27-32-14-12-20-40(32)36(9,10)28-35(7,8)31-17-23-37(24-18-31)25-29-13-11-19-39(26-29)34(4,5)6/h29-32H,11-28H2,1-10H3/t29-,32?/m0/s1. The summed E-state index contributed by atoms with van der Waals surface area (Å²) in [5.41, 5.74) is 1.48. The summed E-state index contributed by atoms with van der Waals surface area (Å²) in [7, 11) is 0. The van der Waals surface area contributed by atoms with Crippen LogP contribution in [0.25, 0.3) is 0 Å². The van der Waals surface area contributed by atoms with E-state index in [4.69, 9.17) is 0 Å². The van der Waals surface area contributed by atoms with Gasteiger partial charge in [0.15, 0.2) is 0 Å². The van der Waals surface area contributed by atoms with Gasteiger partial charge in [-0.25, -0.2) is 0 Å². The van der Waals surface area contributed by atoms with Crippen LogP contribution in [0.4, 0.5) is 0 Å². The van der Waals surface area contributed by atoms with E-state index < -0.39 is 0 Å². The molecule has 0 radical (unpaired) electrons. The minimum Gasteiger partial charge on any atom is -0.303 e. The third-order valence-corrected chi connectivity index (χ3v) is 12.0. The number of hydrogen-bond donors (Lipinski definition) is 0. The molecule has 4 heterocycles. The van der Waals surface area contributed by atoms with Crippen molar-refractivity contribution in [1.29, 1.82) is 0 Å². The van der Waals surface area contributed by atoms with Gasteiger partial charge in [-0.3, -0.25) is 9.80 Å². The number of piperidine rings is 3. The fourth-order valence-corrected chi connectivity index (χ4v) is 9.55. The molecule has 0 aliphatic carbocycles. The van der Waals surface area contributed by atoms with Gasteiger partial charge < -0.3 is 9.80 Å². The molecule has 234 valence electrons. The highest BCUT2D eigenvalue weighted by Gasteiger charge is 2.43. The van der Waals surface area contributed by atoms with Gasteiger partial charge in [-0.1, -0.05) is 34.6 Å². The molecule has 4 nitrogen and oxygen atoms in total. The Morgan fingerprint density at radius 3 is 1.70 bits per heavy atom. The molecule has 4 rings (SSSR count). The van der Waals surface area contributed by atoms with E-state index in [1.165, 1.54) is 117 Å². The molecule has 40 heavy (non-hydrogen) atoms. The van der Waals surface area contributed by atoms with Crippen molar-refractivity contribution in [2.24, 2.45) is 28.6 Å². The summed E-state index contributed by atoms with van der Waals surface area (Å²) < 4.78 is 0. The lowest BCUT2D eigenvalue weighted by Crippen LogP contribution is -2.54. The van der Waals surface area contributed by atoms with Crippen LogP contribution in [0.2, 0.25) is 0 Å². The van der Waals surface area contributed by atoms with Gasteiger partial charge in [0.1, 0.15) is 0 Å². The Labute approximate surface area is 251 Å². The maximum Gasteiger partial charge on any atom is 0.0228 e. The highest BCUT2D eigenvalue weighted by molar-refractivity contribution is 4.98. The summed E-state index contributed by atoms with van der Waals surface area (Å²) >= 11 is 0. The summed E-state index contributed by atoms with van der Waals surface area (Å²) in [5, 5.41) is 0. The Hall–Kier alpha value is -0.160. The molecule has 0 aromatic carbocycles. The van der Waals surface area contributed by atoms with Crippen LogP contribution >= 0.6 is 0 Å². The lowest BCUT2D eigenvalue weighted by atomic mass is 9.67. The van der Waals surface area contributed by atoms with E-state index in [1.54, 1.807) is 0 Å². The van der Waals surface area contributed by atoms with Gasteiger partial charge in [0.25, 0.3) is 0 Å². The first kappa shape index (κ1) is 32.7. The highest BCUT2D eigenvalue weighted by Crippen LogP contribution is 2.44. The van der Waals surface area contributed by atoms with Gasteiger partial charge in [0.2, 0.25) is 0 Å². The minimum atomic E-state index is 0.282. The van der Waals surface area contributed by atoms with Crippen molar-refractivity contribution in [3.05, 3.63) is 0 Å². The molecular weight excluding hydrogens is 488 g/mol. The van der Waals surface area contributed by atoms with E-state index in [9.17, 15) is 0 Å². The second-order valence-corrected chi connectivity index (χ2v) is 18.1. The summed E-state index contributed by atoms with van der Waals surface area (Å²) in [6.07, 6.45) is 12.5. The zero-order valence-electron chi connectivity index (χ0n) is 28.8. The summed E-state index contributed by atoms with van der Waals surface area (Å²) in [6.45, 7) is 36.7. The van der Waals surface area contributed by atoms with Crippen LogP contribution < -0.4 is 0 Å². The second-order valence-electron chi connectivity index (χ2n) is 18.1. The smallest absolute Gasteiger partial charge is 0.0228 e. The molecule has 4 saturated heterocycles. The summed E-state index contributed by atoms with van der Waals surface area (Å²) in [6, 6.07) is 0.752. The number of rotatable bonds is 8. The normalized spacial score (nSPS) is 28.9. The molecule has 0 bridgehead atoms. The first-order valence-electron chi connectivity index (χ1n) is 17.5. The Morgan fingerprint density at radius 1 is 0.575 bits per heavy atom. The van der Waals surface area contributed by atoms with Crippen molar-refractivity contribution < 1.29 is 0 Å². The van der Waals surface area contributed by atoms with Crippen LogP contribution in [0.1, 0.15) is 127 Å². The van der Waals surface area contributed by atoms with E-state index in [2.05, 4.69) is 88.8 Å². The molecule has 4 heteroatoms. The van der Waals surface area contributed by atoms with Crippen molar-refractivity contribution in [1.82, 2.24) is 19.6 Å². The van der Waals surface area contributed by atoms with E-state index in [0.29, 0.717) is 16.4 Å². The minimum absolute atomic E-state index is 0.282. The topological polar surface area (TPSA) is 13.0 Å². The molecule has 0 saturated carbocycles. The van der Waals surface area contributed by atoms with Crippen LogP contribution in [0, 0.1) is 28.6 Å². The number of hydrogen-bond acceptors (Lipinski definition) is 4. The zero-order chi connectivity index (χ0) is 29.3. The predicted octanol–water partition coefficient (Wildman–Crippen LogP) is 7.63. The Morgan fingerprint density at radius 2 is 1.12 bits per heavy atom. The van der Waals surface area contributed by atoms with Crippen molar-refractivity contribution in [2.45, 2.75) is 144 Å². The van der Waals surface area contributed by atoms with Crippen LogP contribution in [-0.4, -0.2) is 95.6 Å². The third kappa shape index (κ3) is 8.48. The fourth-order valence-electron chi connectivity index (χ4n) is 9.55. The molecule has 4 aliphatic rings. The molecule has 4 aliphatic heterocycles. The molecule has 0 amide bonds. The van der Waals surface area contributed by atoms with E-state index in [1.807, 2.05) is 0 Å². The first-order valence-corrected chi connectivity index (χ1v) is 17.5. The molecule has 2 atom stereocenters. The Kier molecular flexibility index (Phi) is 10.5. The van der Waals surface area contributed by atoms with Crippen molar-refractivity contribution >= 4 is 0 Å². The van der Waals surface area contributed by atoms with E-state index in [0.717, 1.165) is 23.8 Å². The molecule has 0 N–H and O–H groups in total. The van der Waals surface area contributed by atoms with Crippen LogP contribution in [0.15, 0.2) is 0 Å². The fraction of sp³-hybridized carbons (Fsp3) is 1.00. The maximum atomic E-state index is 2.95. The van der Waals surface area contributed by atoms with E-state index in [-0.39, 0.29) is 5.54 Å². The first-order chi connectivity index (χ1) is 18.5. The van der Waals surface area contributed by atoms with Crippen LogP contribution in [0.3, 0.4) is 0 Å². The average Bonchev–Trinajstić information content (AvgIpc) is 3.32. The Bertz CT molecular complexity index is 774. The van der Waals surface area contributed by atoms with Crippen molar-refractivity contribution in [3.8, 4) is 0 Å². The van der Waals surface area contributed by atoms with Gasteiger partial charge in [0, 0.05) is 36.8 Å². The predicted molar refractivity (Wildman–Crippen MR) is 174 cm³/mol. The second kappa shape index (κ2) is 12.8. The Balaban J connectivity index is 1.25. The SMILES string of the molecule is CC(C)(C)C1CCN(CC2CCCN2C(C)(C)CC(C)(C)C2CCN(C[C@@H]3CCCN(C(C)(C)C)C3)CC2)CC1. The van der Waals surface area contributed by atoms with E-state index >= 15 is 0 Å². The molecule has 0 aromatic rings.